The fraction of sp³-hybridized carbons (Fsp3) is 0.571. The van der Waals surface area contributed by atoms with Gasteiger partial charge in [0, 0.05) is 31.5 Å². The van der Waals surface area contributed by atoms with Crippen molar-refractivity contribution < 1.29 is 13.3 Å². The molecule has 1 aliphatic heterocycles. The van der Waals surface area contributed by atoms with E-state index in [9.17, 15) is 18.5 Å². The third-order valence-corrected chi connectivity index (χ3v) is 5.10. The van der Waals surface area contributed by atoms with Gasteiger partial charge in [0.25, 0.3) is 5.69 Å². The highest BCUT2D eigenvalue weighted by molar-refractivity contribution is 7.90. The van der Waals surface area contributed by atoms with Crippen molar-refractivity contribution in [2.45, 2.75) is 30.7 Å². The van der Waals surface area contributed by atoms with Crippen LogP contribution in [0, 0.1) is 10.1 Å². The average Bonchev–Trinajstić information content (AvgIpc) is 2.47. The second-order valence-electron chi connectivity index (χ2n) is 5.56. The summed E-state index contributed by atoms with van der Waals surface area (Å²) in [4.78, 5) is 13.0. The fourth-order valence-corrected chi connectivity index (χ4v) is 3.27. The van der Waals surface area contributed by atoms with Gasteiger partial charge in [-0.15, -0.1) is 0 Å². The molecule has 0 spiro atoms. The first-order chi connectivity index (χ1) is 10.3. The minimum absolute atomic E-state index is 0.0365. The number of likely N-dealkylation sites (tertiary alicyclic amines) is 1. The number of hydrogen-bond acceptors (Lipinski definition) is 6. The lowest BCUT2D eigenvalue weighted by Crippen LogP contribution is -2.38. The number of piperidine rings is 1. The largest absolute Gasteiger partial charge is 0.377 e. The molecule has 0 atom stereocenters. The highest BCUT2D eigenvalue weighted by Gasteiger charge is 2.23. The van der Waals surface area contributed by atoms with E-state index < -0.39 is 14.8 Å². The zero-order chi connectivity index (χ0) is 16.3. The molecule has 22 heavy (non-hydrogen) atoms. The minimum Gasteiger partial charge on any atom is -0.377 e. The van der Waals surface area contributed by atoms with Gasteiger partial charge in [0.1, 0.15) is 5.69 Å². The van der Waals surface area contributed by atoms with Gasteiger partial charge in [-0.3, -0.25) is 10.1 Å². The molecule has 0 radical (unpaired) electrons. The van der Waals surface area contributed by atoms with E-state index in [1.165, 1.54) is 12.1 Å². The highest BCUT2D eigenvalue weighted by atomic mass is 32.2. The van der Waals surface area contributed by atoms with Crippen molar-refractivity contribution in [3.8, 4) is 0 Å². The first-order valence-electron chi connectivity index (χ1n) is 7.28. The number of benzene rings is 1. The average molecular weight is 327 g/mol. The molecule has 0 aliphatic carbocycles. The minimum atomic E-state index is -3.46. The van der Waals surface area contributed by atoms with Crippen LogP contribution in [0.1, 0.15) is 19.8 Å². The molecule has 1 aromatic rings. The summed E-state index contributed by atoms with van der Waals surface area (Å²) in [5.41, 5.74) is 0.188. The predicted molar refractivity (Wildman–Crippen MR) is 85.0 cm³/mol. The van der Waals surface area contributed by atoms with Gasteiger partial charge in [0.05, 0.1) is 9.82 Å². The van der Waals surface area contributed by atoms with E-state index in [2.05, 4.69) is 17.1 Å². The molecule has 122 valence electrons. The van der Waals surface area contributed by atoms with Gasteiger partial charge in [0.15, 0.2) is 9.84 Å². The Morgan fingerprint density at radius 3 is 2.50 bits per heavy atom. The Hall–Kier alpha value is -1.67. The Balaban J connectivity index is 2.19. The summed E-state index contributed by atoms with van der Waals surface area (Å²) in [7, 11) is -3.46. The van der Waals surface area contributed by atoms with Crippen molar-refractivity contribution in [3.05, 3.63) is 28.3 Å². The number of rotatable bonds is 5. The van der Waals surface area contributed by atoms with Crippen LogP contribution < -0.4 is 5.32 Å². The molecule has 1 heterocycles. The molecule has 7 nitrogen and oxygen atoms in total. The molecule has 0 aromatic heterocycles. The molecule has 1 aromatic carbocycles. The van der Waals surface area contributed by atoms with Crippen molar-refractivity contribution in [1.82, 2.24) is 4.90 Å². The first kappa shape index (κ1) is 16.7. The van der Waals surface area contributed by atoms with E-state index in [4.69, 9.17) is 0 Å². The molecule has 0 amide bonds. The summed E-state index contributed by atoms with van der Waals surface area (Å²) in [5, 5.41) is 14.4. The van der Waals surface area contributed by atoms with E-state index in [0.717, 1.165) is 44.8 Å². The van der Waals surface area contributed by atoms with Crippen molar-refractivity contribution in [3.63, 3.8) is 0 Å². The van der Waals surface area contributed by atoms with Gasteiger partial charge in [0.2, 0.25) is 0 Å². The smallest absolute Gasteiger partial charge is 0.293 e. The Kier molecular flexibility index (Phi) is 5.02. The van der Waals surface area contributed by atoms with E-state index in [-0.39, 0.29) is 16.6 Å². The monoisotopic (exact) mass is 327 g/mol. The number of sulfone groups is 1. The van der Waals surface area contributed by atoms with Crippen molar-refractivity contribution in [2.24, 2.45) is 0 Å². The summed E-state index contributed by atoms with van der Waals surface area (Å²) in [5.74, 6) is 0. The van der Waals surface area contributed by atoms with Crippen LogP contribution in [-0.4, -0.2) is 50.2 Å². The molecule has 1 saturated heterocycles. The van der Waals surface area contributed by atoms with Crippen LogP contribution in [0.4, 0.5) is 11.4 Å². The zero-order valence-corrected chi connectivity index (χ0v) is 13.6. The molecule has 2 rings (SSSR count). The van der Waals surface area contributed by atoms with Gasteiger partial charge in [-0.25, -0.2) is 8.42 Å². The molecule has 1 N–H and O–H groups in total. The maximum atomic E-state index is 11.5. The van der Waals surface area contributed by atoms with E-state index in [0.29, 0.717) is 5.69 Å². The van der Waals surface area contributed by atoms with Gasteiger partial charge < -0.3 is 10.2 Å². The molecule has 0 unspecified atom stereocenters. The molecular weight excluding hydrogens is 306 g/mol. The highest BCUT2D eigenvalue weighted by Crippen LogP contribution is 2.29. The molecule has 1 aliphatic rings. The fourth-order valence-electron chi connectivity index (χ4n) is 2.63. The van der Waals surface area contributed by atoms with Crippen molar-refractivity contribution in [1.29, 1.82) is 0 Å². The topological polar surface area (TPSA) is 92.6 Å². The molecule has 0 bridgehead atoms. The van der Waals surface area contributed by atoms with Crippen LogP contribution in [-0.2, 0) is 9.84 Å². The zero-order valence-electron chi connectivity index (χ0n) is 12.8. The lowest BCUT2D eigenvalue weighted by atomic mass is 10.0. The van der Waals surface area contributed by atoms with Crippen molar-refractivity contribution >= 4 is 21.2 Å². The summed E-state index contributed by atoms with van der Waals surface area (Å²) in [6.07, 6.45) is 2.87. The second kappa shape index (κ2) is 6.62. The van der Waals surface area contributed by atoms with Crippen LogP contribution in [0.5, 0.6) is 0 Å². The third kappa shape index (κ3) is 3.95. The number of nitrogens with one attached hydrogen (secondary N) is 1. The molecular formula is C14H21N3O4S. The van der Waals surface area contributed by atoms with E-state index >= 15 is 0 Å². The van der Waals surface area contributed by atoms with Crippen molar-refractivity contribution in [2.75, 3.05) is 31.2 Å². The first-order valence-corrected chi connectivity index (χ1v) is 9.17. The van der Waals surface area contributed by atoms with Gasteiger partial charge in [-0.05, 0) is 31.5 Å². The SMILES string of the molecule is CCN1CCC(Nc2ccc(S(C)(=O)=O)cc2[N+](=O)[O-])CC1. The Labute approximate surface area is 130 Å². The maximum absolute atomic E-state index is 11.5. The Morgan fingerprint density at radius 2 is 2.00 bits per heavy atom. The summed E-state index contributed by atoms with van der Waals surface area (Å²) in [6, 6.07) is 4.19. The third-order valence-electron chi connectivity index (χ3n) is 3.99. The Bertz CT molecular complexity index is 652. The van der Waals surface area contributed by atoms with Crippen LogP contribution in [0.25, 0.3) is 0 Å². The second-order valence-corrected chi connectivity index (χ2v) is 7.58. The normalized spacial score (nSPS) is 17.4. The number of anilines is 1. The van der Waals surface area contributed by atoms with Gasteiger partial charge >= 0.3 is 0 Å². The lowest BCUT2D eigenvalue weighted by molar-refractivity contribution is -0.384. The van der Waals surface area contributed by atoms with Gasteiger partial charge in [-0.2, -0.15) is 0 Å². The number of nitro benzene ring substituents is 1. The quantitative estimate of drug-likeness (QED) is 0.656. The van der Waals surface area contributed by atoms with Gasteiger partial charge in [-0.1, -0.05) is 6.92 Å². The summed E-state index contributed by atoms with van der Waals surface area (Å²) in [6.45, 7) is 5.05. The molecule has 1 fully saturated rings. The number of nitrogens with zero attached hydrogens (tertiary/aromatic N) is 2. The van der Waals surface area contributed by atoms with E-state index in [1.54, 1.807) is 0 Å². The van der Waals surface area contributed by atoms with Crippen LogP contribution in [0.2, 0.25) is 0 Å². The van der Waals surface area contributed by atoms with Crippen LogP contribution in [0.15, 0.2) is 23.1 Å². The standard InChI is InChI=1S/C14H21N3O4S/c1-3-16-8-6-11(7-9-16)15-13-5-4-12(22(2,20)21)10-14(13)17(18)19/h4-5,10-11,15H,3,6-9H2,1-2H3. The lowest BCUT2D eigenvalue weighted by Gasteiger charge is -2.31. The summed E-state index contributed by atoms with van der Waals surface area (Å²) < 4.78 is 23.1. The number of nitro groups is 1. The van der Waals surface area contributed by atoms with Crippen LogP contribution in [0.3, 0.4) is 0 Å². The predicted octanol–water partition coefficient (Wildman–Crippen LogP) is 1.89. The molecule has 8 heteroatoms. The Morgan fingerprint density at radius 1 is 1.36 bits per heavy atom. The summed E-state index contributed by atoms with van der Waals surface area (Å²) >= 11 is 0. The van der Waals surface area contributed by atoms with Crippen LogP contribution >= 0.6 is 0 Å². The van der Waals surface area contributed by atoms with E-state index in [1.807, 2.05) is 0 Å². The number of hydrogen-bond donors (Lipinski definition) is 1. The maximum Gasteiger partial charge on any atom is 0.293 e. The molecule has 0 saturated carbocycles.